The fourth-order valence-corrected chi connectivity index (χ4v) is 5.50. The Morgan fingerprint density at radius 2 is 1.27 bits per heavy atom. The monoisotopic (exact) mass is 666 g/mol. The van der Waals surface area contributed by atoms with E-state index in [9.17, 15) is 32.9 Å². The molecule has 0 aliphatic rings. The lowest BCUT2D eigenvalue weighted by Gasteiger charge is -2.05. The number of para-hydroxylation sites is 2. The van der Waals surface area contributed by atoms with Crippen LogP contribution in [0, 0.1) is 27.6 Å². The molecular formula is C33H33F3N6O6. The van der Waals surface area contributed by atoms with Gasteiger partial charge < -0.3 is 35.4 Å². The molecule has 12 nitrogen and oxygen atoms in total. The first-order valence-corrected chi connectivity index (χ1v) is 14.4. The van der Waals surface area contributed by atoms with Crippen molar-refractivity contribution in [1.82, 2.24) is 13.7 Å². The Balaban J connectivity index is 0.000000169. The molecule has 3 aromatic heterocycles. The van der Waals surface area contributed by atoms with Crippen molar-refractivity contribution in [2.75, 3.05) is 0 Å². The maximum atomic E-state index is 13.8. The summed E-state index contributed by atoms with van der Waals surface area (Å²) in [6.07, 6.45) is 5.11. The van der Waals surface area contributed by atoms with Crippen LogP contribution < -0.4 is 11.5 Å². The number of fused-ring (bicyclic) bond motifs is 3. The van der Waals surface area contributed by atoms with Crippen molar-refractivity contribution in [3.63, 3.8) is 0 Å². The number of carboxylic acid groups (broad SMARTS) is 2. The topological polar surface area (TPSA) is 185 Å². The Bertz CT molecular complexity index is 2150. The molecule has 252 valence electrons. The predicted octanol–water partition coefficient (Wildman–Crippen LogP) is 4.77. The number of halogens is 3. The van der Waals surface area contributed by atoms with E-state index in [4.69, 9.17) is 21.7 Å². The predicted molar refractivity (Wildman–Crippen MR) is 174 cm³/mol. The molecule has 6 aromatic rings. The molecule has 3 heterocycles. The first kappa shape index (κ1) is 35.2. The number of carbonyl (C=O) groups is 2. The molecule has 48 heavy (non-hydrogen) atoms. The van der Waals surface area contributed by atoms with Gasteiger partial charge in [0.15, 0.2) is 0 Å². The Labute approximate surface area is 271 Å². The van der Waals surface area contributed by atoms with Gasteiger partial charge in [-0.3, -0.25) is 19.7 Å². The average molecular weight is 667 g/mol. The van der Waals surface area contributed by atoms with E-state index >= 15 is 0 Å². The van der Waals surface area contributed by atoms with Gasteiger partial charge >= 0.3 is 11.9 Å². The molecule has 3 aromatic carbocycles. The molecular weight excluding hydrogens is 633 g/mol. The third-order valence-corrected chi connectivity index (χ3v) is 7.72. The number of carboxylic acids is 2. The summed E-state index contributed by atoms with van der Waals surface area (Å²) >= 11 is 0. The lowest BCUT2D eigenvalue weighted by Crippen LogP contribution is -2.32. The number of aryl methyl sites for hydroxylation is 3. The molecule has 6 rings (SSSR count). The van der Waals surface area contributed by atoms with Crippen molar-refractivity contribution in [2.45, 2.75) is 24.9 Å². The number of nitro groups is 1. The molecule has 0 aliphatic carbocycles. The van der Waals surface area contributed by atoms with E-state index in [1.807, 2.05) is 25.4 Å². The van der Waals surface area contributed by atoms with Crippen LogP contribution in [-0.4, -0.2) is 52.9 Å². The van der Waals surface area contributed by atoms with Gasteiger partial charge in [-0.15, -0.1) is 0 Å². The van der Waals surface area contributed by atoms with Crippen LogP contribution in [0.4, 0.5) is 18.9 Å². The van der Waals surface area contributed by atoms with Gasteiger partial charge in [0.2, 0.25) is 0 Å². The first-order chi connectivity index (χ1) is 22.6. The van der Waals surface area contributed by atoms with Crippen LogP contribution in [-0.2, 0) is 43.6 Å². The first-order valence-electron chi connectivity index (χ1n) is 14.4. The van der Waals surface area contributed by atoms with Crippen LogP contribution in [0.15, 0.2) is 73.2 Å². The number of non-ortho nitro benzene ring substituents is 1. The smallest absolute Gasteiger partial charge is 0.320 e. The number of benzene rings is 3. The number of hydrogen-bond donors (Lipinski definition) is 4. The number of hydrogen-bond acceptors (Lipinski definition) is 6. The number of rotatable bonds is 7. The zero-order valence-corrected chi connectivity index (χ0v) is 26.1. The fraction of sp³-hybridized carbons (Fsp3) is 0.212. The maximum absolute atomic E-state index is 13.8. The summed E-state index contributed by atoms with van der Waals surface area (Å²) in [7, 11) is 5.09. The summed E-state index contributed by atoms with van der Waals surface area (Å²) in [5.41, 5.74) is 12.9. The van der Waals surface area contributed by atoms with Gasteiger partial charge in [-0.05, 0) is 35.4 Å². The van der Waals surface area contributed by atoms with Crippen LogP contribution in [0.2, 0.25) is 0 Å². The summed E-state index contributed by atoms with van der Waals surface area (Å²) in [5, 5.41) is 30.4. The quantitative estimate of drug-likeness (QED) is 0.139. The molecule has 15 heteroatoms. The van der Waals surface area contributed by atoms with Gasteiger partial charge in [0.1, 0.15) is 29.5 Å². The maximum Gasteiger partial charge on any atom is 0.320 e. The molecule has 0 amide bonds. The summed E-state index contributed by atoms with van der Waals surface area (Å²) in [4.78, 5) is 31.9. The summed E-state index contributed by atoms with van der Waals surface area (Å²) in [6, 6.07) is 11.7. The van der Waals surface area contributed by atoms with Gasteiger partial charge in [-0.1, -0.05) is 24.3 Å². The summed E-state index contributed by atoms with van der Waals surface area (Å²) in [6.45, 7) is 0. The van der Waals surface area contributed by atoms with Gasteiger partial charge in [0.25, 0.3) is 5.69 Å². The van der Waals surface area contributed by atoms with Gasteiger partial charge in [-0.25, -0.2) is 13.2 Å². The minimum atomic E-state index is -1.22. The van der Waals surface area contributed by atoms with Crippen LogP contribution in [0.3, 0.4) is 0 Å². The highest BCUT2D eigenvalue weighted by molar-refractivity contribution is 5.93. The van der Waals surface area contributed by atoms with E-state index in [2.05, 4.69) is 0 Å². The summed E-state index contributed by atoms with van der Waals surface area (Å²) < 4.78 is 45.3. The number of nitrogens with zero attached hydrogens (tertiary/aromatic N) is 4. The largest absolute Gasteiger partial charge is 0.480 e. The highest BCUT2D eigenvalue weighted by Gasteiger charge is 2.24. The van der Waals surface area contributed by atoms with Crippen LogP contribution in [0.1, 0.15) is 11.1 Å². The second-order valence-corrected chi connectivity index (χ2v) is 11.1. The van der Waals surface area contributed by atoms with E-state index < -0.39 is 34.8 Å². The van der Waals surface area contributed by atoms with Crippen LogP contribution >= 0.6 is 0 Å². The third-order valence-electron chi connectivity index (χ3n) is 7.72. The Morgan fingerprint density at radius 1 is 0.750 bits per heavy atom. The van der Waals surface area contributed by atoms with Crippen molar-refractivity contribution in [3.05, 3.63) is 112 Å². The zero-order chi connectivity index (χ0) is 35.4. The number of nitrogens with two attached hydrogens (primary N) is 2. The van der Waals surface area contributed by atoms with Crippen molar-refractivity contribution < 1.29 is 37.9 Å². The number of aliphatic carboxylic acids is 2. The normalized spacial score (nSPS) is 12.2. The second kappa shape index (κ2) is 14.4. The molecule has 6 N–H and O–H groups in total. The third kappa shape index (κ3) is 7.32. The minimum absolute atomic E-state index is 0.0618. The number of aromatic nitrogens is 3. The molecule has 0 aliphatic heterocycles. The molecule has 2 unspecified atom stereocenters. The average Bonchev–Trinajstić information content (AvgIpc) is 3.67. The molecule has 0 fully saturated rings. The Morgan fingerprint density at radius 3 is 1.85 bits per heavy atom. The van der Waals surface area contributed by atoms with Gasteiger partial charge in [0, 0.05) is 69.4 Å². The Hall–Kier alpha value is -5.67. The fourth-order valence-electron chi connectivity index (χ4n) is 5.50. The second-order valence-electron chi connectivity index (χ2n) is 11.1. The molecule has 0 spiro atoms. The number of nitro benzene ring substituents is 1. The standard InChI is InChI=1S/C12H12FN3O4.C12H13FN2O2.C9H8FN/c1-15-5-6(4-8(14)12(17)18)10-9(16(19)20)3-2-7(13)11(10)15;1-15-6-7(5-10(14)12(16)17)8-3-2-4-9(13)11(8)15;1-11-6-5-7-3-2-4-8(10)9(7)11/h2-3,5,8H,4,14H2,1H3,(H,17,18);2-4,6,10H,5,14H2,1H3,(H,16,17);2-6H,1H3. The van der Waals surface area contributed by atoms with E-state index in [1.165, 1.54) is 29.9 Å². The summed E-state index contributed by atoms with van der Waals surface area (Å²) in [5.74, 6) is -3.36. The minimum Gasteiger partial charge on any atom is -0.480 e. The zero-order valence-electron chi connectivity index (χ0n) is 26.1. The molecule has 0 radical (unpaired) electrons. The van der Waals surface area contributed by atoms with Gasteiger partial charge in [-0.2, -0.15) is 0 Å². The highest BCUT2D eigenvalue weighted by Crippen LogP contribution is 2.32. The lowest BCUT2D eigenvalue weighted by molar-refractivity contribution is -0.383. The van der Waals surface area contributed by atoms with Crippen molar-refractivity contribution in [3.8, 4) is 0 Å². The van der Waals surface area contributed by atoms with Crippen molar-refractivity contribution in [1.29, 1.82) is 0 Å². The molecule has 0 bridgehead atoms. The van der Waals surface area contributed by atoms with Crippen molar-refractivity contribution in [2.24, 2.45) is 32.6 Å². The van der Waals surface area contributed by atoms with Gasteiger partial charge in [0.05, 0.1) is 26.9 Å². The van der Waals surface area contributed by atoms with E-state index in [0.29, 0.717) is 22.0 Å². The van der Waals surface area contributed by atoms with Crippen molar-refractivity contribution >= 4 is 50.3 Å². The molecule has 0 saturated heterocycles. The van der Waals surface area contributed by atoms with E-state index in [1.54, 1.807) is 40.6 Å². The lowest BCUT2D eigenvalue weighted by atomic mass is 10.0. The van der Waals surface area contributed by atoms with Crippen LogP contribution in [0.5, 0.6) is 0 Å². The van der Waals surface area contributed by atoms with E-state index in [0.717, 1.165) is 23.1 Å². The molecule has 0 saturated carbocycles. The highest BCUT2D eigenvalue weighted by atomic mass is 19.1. The molecule has 2 atom stereocenters. The SMILES string of the molecule is Cn1cc(CC(N)C(=O)O)c2c([N+](=O)[O-])ccc(F)c21.Cn1cc(CC(N)C(=O)O)c2cccc(F)c21.Cn1ccc2cccc(F)c21. The van der Waals surface area contributed by atoms with E-state index in [-0.39, 0.29) is 41.1 Å². The van der Waals surface area contributed by atoms with Crippen LogP contribution in [0.25, 0.3) is 32.7 Å². The Kier molecular flexibility index (Phi) is 10.6.